The fourth-order valence-electron chi connectivity index (χ4n) is 3.60. The van der Waals surface area contributed by atoms with E-state index in [1.807, 2.05) is 19.1 Å². The van der Waals surface area contributed by atoms with Gasteiger partial charge in [0.2, 0.25) is 0 Å². The molecule has 0 radical (unpaired) electrons. The van der Waals surface area contributed by atoms with E-state index in [0.717, 1.165) is 48.4 Å². The molecule has 1 amide bonds. The maximum atomic E-state index is 12.9. The Kier molecular flexibility index (Phi) is 4.17. The first-order valence-electron chi connectivity index (χ1n) is 8.74. The van der Waals surface area contributed by atoms with Crippen molar-refractivity contribution in [2.75, 3.05) is 25.4 Å². The molecule has 0 aromatic carbocycles. The molecule has 7 heteroatoms. The third-order valence-electron chi connectivity index (χ3n) is 4.83. The first kappa shape index (κ1) is 16.1. The molecule has 1 aliphatic heterocycles. The van der Waals surface area contributed by atoms with Gasteiger partial charge in [0.1, 0.15) is 11.9 Å². The van der Waals surface area contributed by atoms with Gasteiger partial charge in [-0.25, -0.2) is 0 Å². The lowest BCUT2D eigenvalue weighted by Crippen LogP contribution is -2.43. The molecule has 3 heterocycles. The summed E-state index contributed by atoms with van der Waals surface area (Å²) in [4.78, 5) is 19.2. The standard InChI is InChI=1S/C18H22N4O3/c1-11-8-12(19)9-14(20-11)16-10-22(6-7-24-16)18(23)17-13-4-2-3-5-15(13)25-21-17/h8-9,16H,2-7,10H2,1H3,(H2,19,20)/t16-/m0/s1. The largest absolute Gasteiger partial charge is 0.399 e. The van der Waals surface area contributed by atoms with Gasteiger partial charge in [0, 0.05) is 29.9 Å². The number of fused-ring (bicyclic) bond motifs is 1. The van der Waals surface area contributed by atoms with E-state index in [2.05, 4.69) is 10.1 Å². The number of pyridine rings is 1. The van der Waals surface area contributed by atoms with Crippen molar-refractivity contribution < 1.29 is 14.1 Å². The number of nitrogen functional groups attached to an aromatic ring is 1. The van der Waals surface area contributed by atoms with Crippen molar-refractivity contribution in [3.05, 3.63) is 40.5 Å². The first-order chi connectivity index (χ1) is 12.1. The van der Waals surface area contributed by atoms with E-state index in [4.69, 9.17) is 15.0 Å². The molecule has 4 rings (SSSR count). The van der Waals surface area contributed by atoms with Gasteiger partial charge in [-0.15, -0.1) is 0 Å². The van der Waals surface area contributed by atoms with Gasteiger partial charge in [-0.2, -0.15) is 0 Å². The number of nitrogens with two attached hydrogens (primary N) is 1. The van der Waals surface area contributed by atoms with Gasteiger partial charge in [0.15, 0.2) is 5.69 Å². The van der Waals surface area contributed by atoms with Crippen molar-refractivity contribution in [3.8, 4) is 0 Å². The van der Waals surface area contributed by atoms with Crippen LogP contribution in [-0.2, 0) is 17.6 Å². The van der Waals surface area contributed by atoms with Crippen LogP contribution in [0.2, 0.25) is 0 Å². The summed E-state index contributed by atoms with van der Waals surface area (Å²) in [6.07, 6.45) is 3.63. The average Bonchev–Trinajstić information content (AvgIpc) is 3.04. The Morgan fingerprint density at radius 1 is 1.32 bits per heavy atom. The molecule has 0 bridgehead atoms. The fraction of sp³-hybridized carbons (Fsp3) is 0.500. The normalized spacial score (nSPS) is 20.4. The molecule has 1 fully saturated rings. The van der Waals surface area contributed by atoms with E-state index in [1.165, 1.54) is 0 Å². The lowest BCUT2D eigenvalue weighted by molar-refractivity contribution is -0.0250. The summed E-state index contributed by atoms with van der Waals surface area (Å²) in [7, 11) is 0. The molecule has 7 nitrogen and oxygen atoms in total. The molecule has 0 unspecified atom stereocenters. The molecule has 2 aromatic heterocycles. The van der Waals surface area contributed by atoms with E-state index in [0.29, 0.717) is 31.1 Å². The molecular formula is C18H22N4O3. The second-order valence-electron chi connectivity index (χ2n) is 6.72. The lowest BCUT2D eigenvalue weighted by Gasteiger charge is -2.32. The second kappa shape index (κ2) is 6.48. The number of hydrogen-bond donors (Lipinski definition) is 1. The molecule has 0 saturated carbocycles. The third kappa shape index (κ3) is 3.11. The Morgan fingerprint density at radius 3 is 3.00 bits per heavy atom. The minimum absolute atomic E-state index is 0.0826. The van der Waals surface area contributed by atoms with Gasteiger partial charge in [-0.3, -0.25) is 9.78 Å². The molecule has 1 saturated heterocycles. The van der Waals surface area contributed by atoms with Crippen LogP contribution in [-0.4, -0.2) is 40.6 Å². The van der Waals surface area contributed by atoms with Gasteiger partial charge in [0.05, 0.1) is 18.8 Å². The van der Waals surface area contributed by atoms with Crippen LogP contribution in [0.1, 0.15) is 52.1 Å². The molecular weight excluding hydrogens is 320 g/mol. The zero-order valence-corrected chi connectivity index (χ0v) is 14.3. The Morgan fingerprint density at radius 2 is 2.16 bits per heavy atom. The number of aryl methyl sites for hydroxylation is 2. The Bertz CT molecular complexity index is 781. The highest BCUT2D eigenvalue weighted by Crippen LogP contribution is 2.27. The van der Waals surface area contributed by atoms with Crippen molar-refractivity contribution in [1.29, 1.82) is 0 Å². The maximum Gasteiger partial charge on any atom is 0.276 e. The van der Waals surface area contributed by atoms with Crippen LogP contribution in [0, 0.1) is 6.92 Å². The van der Waals surface area contributed by atoms with Crippen molar-refractivity contribution in [3.63, 3.8) is 0 Å². The lowest BCUT2D eigenvalue weighted by atomic mass is 9.96. The number of rotatable bonds is 2. The number of carbonyl (C=O) groups is 1. The van der Waals surface area contributed by atoms with Crippen molar-refractivity contribution in [2.45, 2.75) is 38.7 Å². The number of aromatic nitrogens is 2. The number of carbonyl (C=O) groups excluding carboxylic acids is 1. The SMILES string of the molecule is Cc1cc(N)cc([C@@H]2CN(C(=O)c3noc4c3CCCC4)CCO2)n1. The summed E-state index contributed by atoms with van der Waals surface area (Å²) in [5.74, 6) is 0.786. The van der Waals surface area contributed by atoms with Gasteiger partial charge >= 0.3 is 0 Å². The summed E-state index contributed by atoms with van der Waals surface area (Å²) < 4.78 is 11.2. The quantitative estimate of drug-likeness (QED) is 0.897. The van der Waals surface area contributed by atoms with Crippen molar-refractivity contribution in [2.24, 2.45) is 0 Å². The Hall–Kier alpha value is -2.41. The average molecular weight is 342 g/mol. The summed E-state index contributed by atoms with van der Waals surface area (Å²) >= 11 is 0. The van der Waals surface area contributed by atoms with E-state index in [-0.39, 0.29) is 12.0 Å². The highest BCUT2D eigenvalue weighted by atomic mass is 16.5. The number of amides is 1. The topological polar surface area (TPSA) is 94.5 Å². The van der Waals surface area contributed by atoms with Crippen LogP contribution in [0.25, 0.3) is 0 Å². The molecule has 2 aliphatic rings. The summed E-state index contributed by atoms with van der Waals surface area (Å²) in [6.45, 7) is 3.34. The van der Waals surface area contributed by atoms with Gasteiger partial charge < -0.3 is 19.9 Å². The Labute approximate surface area is 146 Å². The van der Waals surface area contributed by atoms with Crippen LogP contribution in [0.15, 0.2) is 16.7 Å². The molecule has 2 N–H and O–H groups in total. The first-order valence-corrected chi connectivity index (χ1v) is 8.74. The molecule has 1 atom stereocenters. The number of morpholine rings is 1. The molecule has 0 spiro atoms. The molecule has 132 valence electrons. The van der Waals surface area contributed by atoms with Gasteiger partial charge in [0.25, 0.3) is 5.91 Å². The minimum atomic E-state index is -0.275. The second-order valence-corrected chi connectivity index (χ2v) is 6.72. The van der Waals surface area contributed by atoms with Crippen LogP contribution < -0.4 is 5.73 Å². The summed E-state index contributed by atoms with van der Waals surface area (Å²) in [5, 5.41) is 4.06. The molecule has 1 aliphatic carbocycles. The third-order valence-corrected chi connectivity index (χ3v) is 4.83. The van der Waals surface area contributed by atoms with E-state index < -0.39 is 0 Å². The highest BCUT2D eigenvalue weighted by Gasteiger charge is 2.31. The predicted molar refractivity (Wildman–Crippen MR) is 91.1 cm³/mol. The van der Waals surface area contributed by atoms with E-state index in [9.17, 15) is 4.79 Å². The minimum Gasteiger partial charge on any atom is -0.399 e. The predicted octanol–water partition coefficient (Wildman–Crippen LogP) is 2.05. The summed E-state index contributed by atoms with van der Waals surface area (Å²) in [5.41, 5.74) is 9.62. The molecule has 2 aromatic rings. The van der Waals surface area contributed by atoms with Crippen LogP contribution in [0.4, 0.5) is 5.69 Å². The zero-order valence-electron chi connectivity index (χ0n) is 14.3. The Balaban J connectivity index is 1.55. The van der Waals surface area contributed by atoms with Crippen molar-refractivity contribution in [1.82, 2.24) is 15.0 Å². The number of ether oxygens (including phenoxy) is 1. The molecule has 25 heavy (non-hydrogen) atoms. The van der Waals surface area contributed by atoms with Gasteiger partial charge in [-0.05, 0) is 38.3 Å². The summed E-state index contributed by atoms with van der Waals surface area (Å²) in [6, 6.07) is 3.63. The van der Waals surface area contributed by atoms with E-state index in [1.54, 1.807) is 4.90 Å². The smallest absolute Gasteiger partial charge is 0.276 e. The number of hydrogen-bond acceptors (Lipinski definition) is 6. The van der Waals surface area contributed by atoms with Crippen LogP contribution in [0.3, 0.4) is 0 Å². The van der Waals surface area contributed by atoms with Crippen LogP contribution >= 0.6 is 0 Å². The van der Waals surface area contributed by atoms with E-state index >= 15 is 0 Å². The number of nitrogens with zero attached hydrogens (tertiary/aromatic N) is 3. The number of anilines is 1. The van der Waals surface area contributed by atoms with Gasteiger partial charge in [-0.1, -0.05) is 5.16 Å². The maximum absolute atomic E-state index is 12.9. The monoisotopic (exact) mass is 342 g/mol. The van der Waals surface area contributed by atoms with Crippen molar-refractivity contribution >= 4 is 11.6 Å². The fourth-order valence-corrected chi connectivity index (χ4v) is 3.60. The van der Waals surface area contributed by atoms with Crippen LogP contribution in [0.5, 0.6) is 0 Å². The highest BCUT2D eigenvalue weighted by molar-refractivity contribution is 5.94. The zero-order chi connectivity index (χ0) is 17.4.